The predicted octanol–water partition coefficient (Wildman–Crippen LogP) is 3.39. The molecule has 0 atom stereocenters. The molecule has 0 bridgehead atoms. The van der Waals surface area contributed by atoms with E-state index in [9.17, 15) is 24.0 Å². The first-order valence-corrected chi connectivity index (χ1v) is 18.7. The topological polar surface area (TPSA) is 174 Å². The van der Waals surface area contributed by atoms with Crippen molar-refractivity contribution < 1.29 is 28.7 Å². The molecule has 6 amide bonds. The molecule has 0 radical (unpaired) electrons. The van der Waals surface area contributed by atoms with Gasteiger partial charge >= 0.3 is 6.03 Å². The Labute approximate surface area is 318 Å². The molecule has 0 unspecified atom stereocenters. The van der Waals surface area contributed by atoms with Crippen LogP contribution in [0.3, 0.4) is 0 Å². The van der Waals surface area contributed by atoms with E-state index in [1.165, 1.54) is 4.90 Å². The average Bonchev–Trinajstić information content (AvgIpc) is 3.85. The van der Waals surface area contributed by atoms with Crippen molar-refractivity contribution in [3.63, 3.8) is 0 Å². The van der Waals surface area contributed by atoms with Gasteiger partial charge in [0, 0.05) is 107 Å². The molecule has 2 aliphatic heterocycles. The Kier molecular flexibility index (Phi) is 11.2. The number of aromatic nitrogens is 3. The van der Waals surface area contributed by atoms with Gasteiger partial charge in [-0.1, -0.05) is 18.9 Å². The van der Waals surface area contributed by atoms with Gasteiger partial charge in [0.05, 0.1) is 0 Å². The number of carbonyl (C=O) groups is 5. The van der Waals surface area contributed by atoms with Gasteiger partial charge in [0.15, 0.2) is 6.61 Å². The Morgan fingerprint density at radius 1 is 0.964 bits per heavy atom. The standard InChI is InChI=1S/C39H46N10O6/c1-45(2)37(53)32-22-27-24-41-38(44-35(27)49(32)29-6-3-4-7-29)42-28-12-10-26(11-13-28)36(52)40-15-17-46-18-20-47(21-19-46)34(51)25-55-31-9-5-8-30(23-31)48-16-14-33(50)43-39(48)54/h5,8-13,22-24,29H,3-4,6-7,14-21,25H2,1-2H3,(H,40,52)(H,41,42,44)(H,43,50,54). The number of hydrogen-bond donors (Lipinski definition) is 3. The molecule has 2 aromatic heterocycles. The van der Waals surface area contributed by atoms with E-state index in [2.05, 4.69) is 30.4 Å². The molecule has 288 valence electrons. The van der Waals surface area contributed by atoms with Crippen LogP contribution < -0.4 is 25.6 Å². The second-order valence-corrected chi connectivity index (χ2v) is 14.2. The van der Waals surface area contributed by atoms with Crippen molar-refractivity contribution in [2.45, 2.75) is 38.1 Å². The molecule has 4 heterocycles. The number of carbonyl (C=O) groups excluding carboxylic acids is 5. The largest absolute Gasteiger partial charge is 0.484 e. The molecule has 2 aromatic carbocycles. The maximum Gasteiger partial charge on any atom is 0.328 e. The number of nitrogens with one attached hydrogen (secondary N) is 3. The molecular formula is C39H46N10O6. The number of fused-ring (bicyclic) bond motifs is 1. The summed E-state index contributed by atoms with van der Waals surface area (Å²) in [5.74, 6) is 0.202. The molecule has 0 spiro atoms. The second kappa shape index (κ2) is 16.5. The summed E-state index contributed by atoms with van der Waals surface area (Å²) in [4.78, 5) is 78.8. The molecule has 3 aliphatic rings. The van der Waals surface area contributed by atoms with Crippen molar-refractivity contribution >= 4 is 58.0 Å². The van der Waals surface area contributed by atoms with E-state index in [0.29, 0.717) is 67.9 Å². The Bertz CT molecular complexity index is 2070. The van der Waals surface area contributed by atoms with Crippen LogP contribution in [-0.2, 0) is 9.59 Å². The lowest BCUT2D eigenvalue weighted by atomic mass is 10.2. The summed E-state index contributed by atoms with van der Waals surface area (Å²) in [6.45, 7) is 3.70. The van der Waals surface area contributed by atoms with Crippen LogP contribution >= 0.6 is 0 Å². The number of ether oxygens (including phenoxy) is 1. The zero-order chi connectivity index (χ0) is 38.5. The summed E-state index contributed by atoms with van der Waals surface area (Å²) in [7, 11) is 3.51. The monoisotopic (exact) mass is 750 g/mol. The minimum absolute atomic E-state index is 0.0568. The smallest absolute Gasteiger partial charge is 0.328 e. The number of imide groups is 1. The van der Waals surface area contributed by atoms with Crippen molar-refractivity contribution in [1.29, 1.82) is 0 Å². The minimum atomic E-state index is -0.480. The van der Waals surface area contributed by atoms with Gasteiger partial charge in [-0.2, -0.15) is 4.98 Å². The van der Waals surface area contributed by atoms with Crippen molar-refractivity contribution in [1.82, 2.24) is 39.9 Å². The van der Waals surface area contributed by atoms with E-state index in [0.717, 1.165) is 42.4 Å². The first-order valence-electron chi connectivity index (χ1n) is 18.7. The lowest BCUT2D eigenvalue weighted by molar-refractivity contribution is -0.135. The third-order valence-corrected chi connectivity index (χ3v) is 10.3. The van der Waals surface area contributed by atoms with Crippen LogP contribution in [0.5, 0.6) is 5.75 Å². The summed E-state index contributed by atoms with van der Waals surface area (Å²) >= 11 is 0. The van der Waals surface area contributed by atoms with Crippen LogP contribution in [0.1, 0.15) is 59.0 Å². The molecule has 3 fully saturated rings. The lowest BCUT2D eigenvalue weighted by Gasteiger charge is -2.34. The molecule has 16 heteroatoms. The van der Waals surface area contributed by atoms with Gasteiger partial charge in [0.25, 0.3) is 17.7 Å². The Hall–Kier alpha value is -6.03. The third kappa shape index (κ3) is 8.70. The first-order chi connectivity index (χ1) is 26.6. The SMILES string of the molecule is CN(C)C(=O)c1cc2cnc(Nc3ccc(C(=O)NCCN4CCN(C(=O)COc5cccc(N6CCC(=O)NC6=O)c5)CC4)cc3)nc2n1C1CCCC1. The molecule has 1 saturated carbocycles. The highest BCUT2D eigenvalue weighted by Crippen LogP contribution is 2.35. The van der Waals surface area contributed by atoms with Gasteiger partial charge in [0.2, 0.25) is 11.9 Å². The maximum atomic E-state index is 13.0. The van der Waals surface area contributed by atoms with Gasteiger partial charge in [0.1, 0.15) is 17.1 Å². The average molecular weight is 751 g/mol. The zero-order valence-electron chi connectivity index (χ0n) is 31.1. The van der Waals surface area contributed by atoms with Crippen molar-refractivity contribution in [3.05, 3.63) is 72.1 Å². The lowest BCUT2D eigenvalue weighted by Crippen LogP contribution is -2.51. The van der Waals surface area contributed by atoms with Crippen LogP contribution in [-0.4, -0.2) is 125 Å². The van der Waals surface area contributed by atoms with Gasteiger partial charge in [-0.3, -0.25) is 34.3 Å². The Morgan fingerprint density at radius 2 is 1.73 bits per heavy atom. The number of rotatable bonds is 12. The van der Waals surface area contributed by atoms with Crippen LogP contribution in [0.2, 0.25) is 0 Å². The highest BCUT2D eigenvalue weighted by atomic mass is 16.5. The molecule has 55 heavy (non-hydrogen) atoms. The maximum absolute atomic E-state index is 13.0. The van der Waals surface area contributed by atoms with Crippen LogP contribution in [0.25, 0.3) is 11.0 Å². The number of amides is 6. The predicted molar refractivity (Wildman–Crippen MR) is 206 cm³/mol. The number of hydrogen-bond acceptors (Lipinski definition) is 10. The number of benzene rings is 2. The number of piperazine rings is 1. The molecule has 2 saturated heterocycles. The van der Waals surface area contributed by atoms with Gasteiger partial charge in [-0.05, 0) is 55.3 Å². The number of anilines is 3. The fraction of sp³-hybridized carbons (Fsp3) is 0.410. The molecule has 1 aliphatic carbocycles. The van der Waals surface area contributed by atoms with E-state index >= 15 is 0 Å². The quantitative estimate of drug-likeness (QED) is 0.195. The molecule has 16 nitrogen and oxygen atoms in total. The van der Waals surface area contributed by atoms with E-state index in [1.807, 2.05) is 18.2 Å². The summed E-state index contributed by atoms with van der Waals surface area (Å²) in [6.07, 6.45) is 6.23. The second-order valence-electron chi connectivity index (χ2n) is 14.2. The van der Waals surface area contributed by atoms with Crippen LogP contribution in [0.4, 0.5) is 22.1 Å². The summed E-state index contributed by atoms with van der Waals surface area (Å²) in [5, 5.41) is 9.35. The number of nitrogens with zero attached hydrogens (tertiary/aromatic N) is 7. The normalized spacial score (nSPS) is 16.6. The van der Waals surface area contributed by atoms with Crippen molar-refractivity contribution in [3.8, 4) is 5.75 Å². The molecule has 7 rings (SSSR count). The highest BCUT2D eigenvalue weighted by molar-refractivity contribution is 6.05. The van der Waals surface area contributed by atoms with Crippen LogP contribution in [0, 0.1) is 0 Å². The molecular weight excluding hydrogens is 704 g/mol. The highest BCUT2D eigenvalue weighted by Gasteiger charge is 2.28. The van der Waals surface area contributed by atoms with Gasteiger partial charge in [-0.25, -0.2) is 9.78 Å². The van der Waals surface area contributed by atoms with Crippen LogP contribution in [0.15, 0.2) is 60.8 Å². The fourth-order valence-corrected chi connectivity index (χ4v) is 7.27. The Balaban J connectivity index is 0.849. The fourth-order valence-electron chi connectivity index (χ4n) is 7.27. The first kappa shape index (κ1) is 37.3. The molecule has 3 N–H and O–H groups in total. The van der Waals surface area contributed by atoms with E-state index < -0.39 is 6.03 Å². The summed E-state index contributed by atoms with van der Waals surface area (Å²) in [6, 6.07) is 15.6. The van der Waals surface area contributed by atoms with Gasteiger partial charge in [-0.15, -0.1) is 0 Å². The minimum Gasteiger partial charge on any atom is -0.484 e. The van der Waals surface area contributed by atoms with Crippen molar-refractivity contribution in [2.75, 3.05) is 76.7 Å². The van der Waals surface area contributed by atoms with Crippen molar-refractivity contribution in [2.24, 2.45) is 0 Å². The zero-order valence-corrected chi connectivity index (χ0v) is 31.1. The van der Waals surface area contributed by atoms with Gasteiger partial charge < -0.3 is 29.7 Å². The third-order valence-electron chi connectivity index (χ3n) is 10.3. The van der Waals surface area contributed by atoms with E-state index in [-0.39, 0.29) is 49.2 Å². The Morgan fingerprint density at radius 3 is 2.45 bits per heavy atom. The number of urea groups is 1. The summed E-state index contributed by atoms with van der Waals surface area (Å²) < 4.78 is 7.84. The van der Waals surface area contributed by atoms with E-state index in [1.54, 1.807) is 66.5 Å². The van der Waals surface area contributed by atoms with E-state index in [4.69, 9.17) is 9.72 Å². The summed E-state index contributed by atoms with van der Waals surface area (Å²) in [5.41, 5.74) is 3.21. The molecule has 4 aromatic rings.